The van der Waals surface area contributed by atoms with Crippen molar-refractivity contribution in [3.8, 4) is 17.2 Å². The zero-order valence-corrected chi connectivity index (χ0v) is 12.7. The largest absolute Gasteiger partial charge is 0.489 e. The van der Waals surface area contributed by atoms with Crippen LogP contribution in [0.4, 0.5) is 0 Å². The number of hydrogen-bond acceptors (Lipinski definition) is 4. The van der Waals surface area contributed by atoms with Crippen LogP contribution >= 0.6 is 0 Å². The lowest BCUT2D eigenvalue weighted by Crippen LogP contribution is -1.99. The molecule has 0 aliphatic heterocycles. The Morgan fingerprint density at radius 2 is 1.57 bits per heavy atom. The van der Waals surface area contributed by atoms with Crippen LogP contribution in [0.3, 0.4) is 0 Å². The smallest absolute Gasteiger partial charge is 0.130 e. The summed E-state index contributed by atoms with van der Waals surface area (Å²) in [4.78, 5) is 4.14. The van der Waals surface area contributed by atoms with E-state index in [1.165, 1.54) is 0 Å². The molecule has 0 saturated heterocycles. The number of rotatable bonds is 6. The quantitative estimate of drug-likeness (QED) is 0.750. The zero-order chi connectivity index (χ0) is 15.9. The fourth-order valence-corrected chi connectivity index (χ4v) is 2.11. The SMILES string of the molecule is NCc1cc(Oc2ccc(OCc3ccccc3)cc2)ccn1. The first-order valence-electron chi connectivity index (χ1n) is 7.43. The Labute approximate surface area is 135 Å². The van der Waals surface area contributed by atoms with Crippen molar-refractivity contribution in [2.45, 2.75) is 13.2 Å². The highest BCUT2D eigenvalue weighted by atomic mass is 16.5. The van der Waals surface area contributed by atoms with Crippen molar-refractivity contribution in [3.63, 3.8) is 0 Å². The van der Waals surface area contributed by atoms with E-state index < -0.39 is 0 Å². The number of hydrogen-bond donors (Lipinski definition) is 1. The predicted octanol–water partition coefficient (Wildman–Crippen LogP) is 3.91. The molecule has 0 aliphatic rings. The second-order valence-corrected chi connectivity index (χ2v) is 5.03. The van der Waals surface area contributed by atoms with Gasteiger partial charge in [-0.05, 0) is 35.9 Å². The maximum atomic E-state index is 5.79. The summed E-state index contributed by atoms with van der Waals surface area (Å²) < 4.78 is 11.5. The lowest BCUT2D eigenvalue weighted by atomic mass is 10.2. The molecule has 2 aromatic carbocycles. The van der Waals surface area contributed by atoms with Gasteiger partial charge in [0.15, 0.2) is 0 Å². The molecule has 3 rings (SSSR count). The summed E-state index contributed by atoms with van der Waals surface area (Å²) in [5, 5.41) is 0. The van der Waals surface area contributed by atoms with Crippen molar-refractivity contribution in [1.29, 1.82) is 0 Å². The van der Waals surface area contributed by atoms with Crippen LogP contribution in [0.25, 0.3) is 0 Å². The van der Waals surface area contributed by atoms with E-state index in [2.05, 4.69) is 4.98 Å². The molecular formula is C19H18N2O2. The van der Waals surface area contributed by atoms with Crippen LogP contribution in [0.5, 0.6) is 17.2 Å². The Morgan fingerprint density at radius 1 is 0.826 bits per heavy atom. The molecule has 0 saturated carbocycles. The standard InChI is InChI=1S/C19H18N2O2/c20-13-16-12-19(10-11-21-16)23-18-8-6-17(7-9-18)22-14-15-4-2-1-3-5-15/h1-12H,13-14,20H2. The van der Waals surface area contributed by atoms with Gasteiger partial charge in [0.1, 0.15) is 23.9 Å². The second-order valence-electron chi connectivity index (χ2n) is 5.03. The zero-order valence-electron chi connectivity index (χ0n) is 12.7. The van der Waals surface area contributed by atoms with Gasteiger partial charge in [-0.2, -0.15) is 0 Å². The van der Waals surface area contributed by atoms with Crippen molar-refractivity contribution in [2.75, 3.05) is 0 Å². The third kappa shape index (κ3) is 4.31. The van der Waals surface area contributed by atoms with Crippen LogP contribution in [-0.4, -0.2) is 4.98 Å². The summed E-state index contributed by atoms with van der Waals surface area (Å²) in [6, 6.07) is 21.2. The third-order valence-corrected chi connectivity index (χ3v) is 3.30. The minimum absolute atomic E-state index is 0.392. The fraction of sp³-hybridized carbons (Fsp3) is 0.105. The fourth-order valence-electron chi connectivity index (χ4n) is 2.11. The topological polar surface area (TPSA) is 57.4 Å². The molecule has 23 heavy (non-hydrogen) atoms. The van der Waals surface area contributed by atoms with Crippen LogP contribution in [0.1, 0.15) is 11.3 Å². The maximum absolute atomic E-state index is 5.79. The van der Waals surface area contributed by atoms with Crippen molar-refractivity contribution in [2.24, 2.45) is 5.73 Å². The minimum atomic E-state index is 0.392. The molecule has 0 amide bonds. The van der Waals surface area contributed by atoms with Crippen molar-refractivity contribution in [1.82, 2.24) is 4.98 Å². The first-order chi connectivity index (χ1) is 11.3. The van der Waals surface area contributed by atoms with Gasteiger partial charge < -0.3 is 15.2 Å². The average Bonchev–Trinajstić information content (AvgIpc) is 2.62. The lowest BCUT2D eigenvalue weighted by Gasteiger charge is -2.09. The monoisotopic (exact) mass is 306 g/mol. The summed E-state index contributed by atoms with van der Waals surface area (Å²) in [7, 11) is 0. The highest BCUT2D eigenvalue weighted by molar-refractivity contribution is 5.35. The Kier molecular flexibility index (Phi) is 4.86. The van der Waals surface area contributed by atoms with E-state index in [1.54, 1.807) is 12.3 Å². The minimum Gasteiger partial charge on any atom is -0.489 e. The van der Waals surface area contributed by atoms with E-state index in [0.717, 1.165) is 28.5 Å². The van der Waals surface area contributed by atoms with Gasteiger partial charge in [-0.25, -0.2) is 0 Å². The molecule has 0 unspecified atom stereocenters. The molecule has 0 atom stereocenters. The van der Waals surface area contributed by atoms with Gasteiger partial charge in [-0.15, -0.1) is 0 Å². The van der Waals surface area contributed by atoms with Crippen LogP contribution in [-0.2, 0) is 13.2 Å². The Balaban J connectivity index is 1.60. The molecule has 0 bridgehead atoms. The molecule has 1 heterocycles. The first-order valence-corrected chi connectivity index (χ1v) is 7.43. The number of benzene rings is 2. The molecule has 1 aromatic heterocycles. The third-order valence-electron chi connectivity index (χ3n) is 3.30. The van der Waals surface area contributed by atoms with Crippen molar-refractivity contribution >= 4 is 0 Å². The summed E-state index contributed by atoms with van der Waals surface area (Å²) in [5.74, 6) is 2.27. The maximum Gasteiger partial charge on any atom is 0.130 e. The van der Waals surface area contributed by atoms with Gasteiger partial charge in [0.05, 0.1) is 5.69 Å². The van der Waals surface area contributed by atoms with Gasteiger partial charge >= 0.3 is 0 Å². The van der Waals surface area contributed by atoms with E-state index in [4.69, 9.17) is 15.2 Å². The number of nitrogens with zero attached hydrogens (tertiary/aromatic N) is 1. The van der Waals surface area contributed by atoms with E-state index in [0.29, 0.717) is 13.2 Å². The van der Waals surface area contributed by atoms with E-state index in [1.807, 2.05) is 60.7 Å². The van der Waals surface area contributed by atoms with Crippen molar-refractivity contribution < 1.29 is 9.47 Å². The number of aromatic nitrogens is 1. The average molecular weight is 306 g/mol. The van der Waals surface area contributed by atoms with Crippen LogP contribution in [0, 0.1) is 0 Å². The Hall–Kier alpha value is -2.85. The van der Waals surface area contributed by atoms with Gasteiger partial charge in [-0.1, -0.05) is 30.3 Å². The Bertz CT molecular complexity index is 743. The Morgan fingerprint density at radius 3 is 2.30 bits per heavy atom. The molecule has 116 valence electrons. The summed E-state index contributed by atoms with van der Waals surface area (Å²) in [6.07, 6.45) is 1.69. The molecule has 4 nitrogen and oxygen atoms in total. The highest BCUT2D eigenvalue weighted by Crippen LogP contribution is 2.24. The van der Waals surface area contributed by atoms with Crippen molar-refractivity contribution in [3.05, 3.63) is 84.2 Å². The number of nitrogens with two attached hydrogens (primary N) is 1. The molecule has 4 heteroatoms. The van der Waals surface area contributed by atoms with Crippen LogP contribution in [0.2, 0.25) is 0 Å². The second kappa shape index (κ2) is 7.42. The highest BCUT2D eigenvalue weighted by Gasteiger charge is 2.01. The normalized spacial score (nSPS) is 10.3. The molecule has 2 N–H and O–H groups in total. The number of pyridine rings is 1. The van der Waals surface area contributed by atoms with E-state index in [-0.39, 0.29) is 0 Å². The van der Waals surface area contributed by atoms with Gasteiger partial charge in [0.25, 0.3) is 0 Å². The molecule has 0 spiro atoms. The molecule has 0 radical (unpaired) electrons. The predicted molar refractivity (Wildman–Crippen MR) is 89.4 cm³/mol. The lowest BCUT2D eigenvalue weighted by molar-refractivity contribution is 0.306. The van der Waals surface area contributed by atoms with Crippen LogP contribution < -0.4 is 15.2 Å². The summed E-state index contributed by atoms with van der Waals surface area (Å²) >= 11 is 0. The summed E-state index contributed by atoms with van der Waals surface area (Å²) in [6.45, 7) is 0.939. The number of ether oxygens (including phenoxy) is 2. The van der Waals surface area contributed by atoms with Gasteiger partial charge in [0, 0.05) is 18.8 Å². The van der Waals surface area contributed by atoms with E-state index in [9.17, 15) is 0 Å². The van der Waals surface area contributed by atoms with E-state index >= 15 is 0 Å². The first kappa shape index (κ1) is 15.1. The molecular weight excluding hydrogens is 288 g/mol. The van der Waals surface area contributed by atoms with Gasteiger partial charge in [-0.3, -0.25) is 4.98 Å². The molecule has 0 aliphatic carbocycles. The van der Waals surface area contributed by atoms with Crippen LogP contribution in [0.15, 0.2) is 72.9 Å². The molecule has 0 fully saturated rings. The van der Waals surface area contributed by atoms with Gasteiger partial charge in [0.2, 0.25) is 0 Å². The summed E-state index contributed by atoms with van der Waals surface area (Å²) in [5.41, 5.74) is 7.51. The molecule has 3 aromatic rings.